The average molecular weight is 280 g/mol. The number of pyridine rings is 1. The van der Waals surface area contributed by atoms with Gasteiger partial charge in [0.15, 0.2) is 0 Å². The van der Waals surface area contributed by atoms with Crippen LogP contribution in [0.3, 0.4) is 0 Å². The zero-order valence-corrected chi connectivity index (χ0v) is 11.5. The Bertz CT molecular complexity index is 849. The third-order valence-corrected chi connectivity index (χ3v) is 4.14. The Labute approximate surface area is 121 Å². The lowest BCUT2D eigenvalue weighted by Gasteiger charge is -2.27. The summed E-state index contributed by atoms with van der Waals surface area (Å²) in [6.07, 6.45) is 4.90. The van der Waals surface area contributed by atoms with E-state index in [9.17, 15) is 4.79 Å². The summed E-state index contributed by atoms with van der Waals surface area (Å²) in [4.78, 5) is 14.4. The molecule has 0 saturated carbocycles. The van der Waals surface area contributed by atoms with Gasteiger partial charge in [-0.25, -0.2) is 0 Å². The third-order valence-electron chi connectivity index (χ3n) is 4.14. The number of hydrogen-bond acceptors (Lipinski definition) is 3. The van der Waals surface area contributed by atoms with Crippen LogP contribution >= 0.6 is 0 Å². The fourth-order valence-electron chi connectivity index (χ4n) is 3.13. The van der Waals surface area contributed by atoms with Gasteiger partial charge in [-0.2, -0.15) is 5.10 Å². The van der Waals surface area contributed by atoms with Crippen molar-refractivity contribution in [3.63, 3.8) is 0 Å². The van der Waals surface area contributed by atoms with Gasteiger partial charge in [0.05, 0.1) is 23.4 Å². The minimum Gasteiger partial charge on any atom is -0.376 e. The highest BCUT2D eigenvalue weighted by Gasteiger charge is 2.21. The van der Waals surface area contributed by atoms with Gasteiger partial charge >= 0.3 is 0 Å². The van der Waals surface area contributed by atoms with Crippen molar-refractivity contribution in [3.05, 3.63) is 58.1 Å². The van der Waals surface area contributed by atoms with Crippen molar-refractivity contribution in [2.24, 2.45) is 0 Å². The number of nitrogens with zero attached hydrogens (tertiary/aromatic N) is 1. The summed E-state index contributed by atoms with van der Waals surface area (Å²) in [6, 6.07) is 9.89. The Morgan fingerprint density at radius 2 is 2.19 bits per heavy atom. The van der Waals surface area contributed by atoms with E-state index in [0.29, 0.717) is 0 Å². The van der Waals surface area contributed by atoms with Crippen molar-refractivity contribution in [2.45, 2.75) is 25.3 Å². The molecule has 0 aliphatic heterocycles. The third kappa shape index (κ3) is 2.11. The predicted octanol–water partition coefficient (Wildman–Crippen LogP) is 2.74. The van der Waals surface area contributed by atoms with Crippen LogP contribution in [0.15, 0.2) is 41.3 Å². The number of aromatic amines is 2. The number of para-hydroxylation sites is 1. The molecule has 3 aromatic rings. The van der Waals surface area contributed by atoms with E-state index >= 15 is 0 Å². The normalized spacial score (nSPS) is 17.6. The topological polar surface area (TPSA) is 73.6 Å². The van der Waals surface area contributed by atoms with Gasteiger partial charge in [0.1, 0.15) is 0 Å². The molecule has 0 saturated heterocycles. The standard InChI is InChI=1S/C16H16N4O/c21-15-8-7-11-12(4-2-5-13(11)19-15)18-14-6-1-3-10-9-17-20-16(10)14/h1,3,6-9,12,18H,2,4-5H2,(H,17,20)(H,19,21). The Hall–Kier alpha value is -2.56. The van der Waals surface area contributed by atoms with E-state index in [1.807, 2.05) is 24.4 Å². The summed E-state index contributed by atoms with van der Waals surface area (Å²) in [6.45, 7) is 0. The minimum absolute atomic E-state index is 0.0231. The summed E-state index contributed by atoms with van der Waals surface area (Å²) in [5.41, 5.74) is 4.30. The van der Waals surface area contributed by atoms with E-state index in [4.69, 9.17) is 0 Å². The molecule has 0 amide bonds. The van der Waals surface area contributed by atoms with E-state index < -0.39 is 0 Å². The van der Waals surface area contributed by atoms with Crippen molar-refractivity contribution in [1.29, 1.82) is 0 Å². The number of benzene rings is 1. The highest BCUT2D eigenvalue weighted by Crippen LogP contribution is 2.32. The average Bonchev–Trinajstić information content (AvgIpc) is 2.97. The molecule has 0 fully saturated rings. The molecule has 0 bridgehead atoms. The summed E-state index contributed by atoms with van der Waals surface area (Å²) in [5, 5.41) is 11.8. The number of fused-ring (bicyclic) bond motifs is 2. The van der Waals surface area contributed by atoms with Crippen LogP contribution in [0.25, 0.3) is 10.9 Å². The molecule has 1 aromatic carbocycles. The van der Waals surface area contributed by atoms with Gasteiger partial charge in [-0.15, -0.1) is 0 Å². The van der Waals surface area contributed by atoms with Gasteiger partial charge in [-0.3, -0.25) is 9.89 Å². The van der Waals surface area contributed by atoms with Gasteiger partial charge in [-0.1, -0.05) is 12.1 Å². The Kier molecular flexibility index (Phi) is 2.77. The molecule has 21 heavy (non-hydrogen) atoms. The molecule has 4 rings (SSSR count). The molecule has 1 atom stereocenters. The molecule has 106 valence electrons. The smallest absolute Gasteiger partial charge is 0.248 e. The van der Waals surface area contributed by atoms with Crippen molar-refractivity contribution in [3.8, 4) is 0 Å². The number of nitrogens with one attached hydrogen (secondary N) is 3. The highest BCUT2D eigenvalue weighted by atomic mass is 16.1. The van der Waals surface area contributed by atoms with E-state index in [1.54, 1.807) is 6.07 Å². The first kappa shape index (κ1) is 12.2. The van der Waals surface area contributed by atoms with Crippen LogP contribution in [-0.2, 0) is 6.42 Å². The lowest BCUT2D eigenvalue weighted by molar-refractivity contribution is 0.587. The first-order valence-corrected chi connectivity index (χ1v) is 7.22. The summed E-state index contributed by atoms with van der Waals surface area (Å²) >= 11 is 0. The van der Waals surface area contributed by atoms with Crippen LogP contribution < -0.4 is 10.9 Å². The molecule has 2 heterocycles. The molecule has 5 nitrogen and oxygen atoms in total. The number of aromatic nitrogens is 3. The quantitative estimate of drug-likeness (QED) is 0.675. The monoisotopic (exact) mass is 280 g/mol. The van der Waals surface area contributed by atoms with Gasteiger partial charge in [0.2, 0.25) is 5.56 Å². The number of rotatable bonds is 2. The Morgan fingerprint density at radius 3 is 3.14 bits per heavy atom. The second-order valence-corrected chi connectivity index (χ2v) is 5.49. The molecule has 0 radical (unpaired) electrons. The largest absolute Gasteiger partial charge is 0.376 e. The van der Waals surface area contributed by atoms with Crippen molar-refractivity contribution < 1.29 is 0 Å². The van der Waals surface area contributed by atoms with Gasteiger partial charge in [0, 0.05) is 17.1 Å². The Balaban J connectivity index is 1.73. The highest BCUT2D eigenvalue weighted by molar-refractivity contribution is 5.90. The van der Waals surface area contributed by atoms with Gasteiger partial charge in [0.25, 0.3) is 0 Å². The number of aryl methyl sites for hydroxylation is 1. The van der Waals surface area contributed by atoms with E-state index in [2.05, 4.69) is 26.6 Å². The second kappa shape index (κ2) is 4.77. The molecule has 1 aliphatic rings. The molecule has 0 spiro atoms. The SMILES string of the molecule is O=c1ccc2c([nH]1)CCCC2Nc1cccc2cn[nH]c12. The lowest BCUT2D eigenvalue weighted by Crippen LogP contribution is -2.21. The van der Waals surface area contributed by atoms with Crippen molar-refractivity contribution in [1.82, 2.24) is 15.2 Å². The van der Waals surface area contributed by atoms with Crippen LogP contribution in [0, 0.1) is 0 Å². The van der Waals surface area contributed by atoms with Gasteiger partial charge < -0.3 is 10.3 Å². The summed E-state index contributed by atoms with van der Waals surface area (Å²) in [5.74, 6) is 0. The van der Waals surface area contributed by atoms with E-state index in [1.165, 1.54) is 5.56 Å². The number of H-pyrrole nitrogens is 2. The van der Waals surface area contributed by atoms with Crippen molar-refractivity contribution in [2.75, 3.05) is 5.32 Å². The summed E-state index contributed by atoms with van der Waals surface area (Å²) in [7, 11) is 0. The van der Waals surface area contributed by atoms with E-state index in [-0.39, 0.29) is 11.6 Å². The maximum Gasteiger partial charge on any atom is 0.248 e. The predicted molar refractivity (Wildman–Crippen MR) is 82.5 cm³/mol. The second-order valence-electron chi connectivity index (χ2n) is 5.49. The fraction of sp³-hybridized carbons (Fsp3) is 0.250. The summed E-state index contributed by atoms with van der Waals surface area (Å²) < 4.78 is 0. The number of anilines is 1. The van der Waals surface area contributed by atoms with Crippen molar-refractivity contribution >= 4 is 16.6 Å². The zero-order valence-electron chi connectivity index (χ0n) is 11.5. The molecule has 5 heteroatoms. The first-order valence-electron chi connectivity index (χ1n) is 7.22. The molecule has 3 N–H and O–H groups in total. The van der Waals surface area contributed by atoms with E-state index in [0.717, 1.165) is 41.5 Å². The van der Waals surface area contributed by atoms with Crippen LogP contribution in [0.4, 0.5) is 5.69 Å². The molecular formula is C16H16N4O. The Morgan fingerprint density at radius 1 is 1.24 bits per heavy atom. The maximum atomic E-state index is 11.5. The fourth-order valence-corrected chi connectivity index (χ4v) is 3.13. The number of hydrogen-bond donors (Lipinski definition) is 3. The molecular weight excluding hydrogens is 264 g/mol. The molecule has 2 aromatic heterocycles. The zero-order chi connectivity index (χ0) is 14.2. The van der Waals surface area contributed by atoms with Gasteiger partial charge in [-0.05, 0) is 37.0 Å². The van der Waals surface area contributed by atoms with Crippen LogP contribution in [0.2, 0.25) is 0 Å². The minimum atomic E-state index is -0.0231. The van der Waals surface area contributed by atoms with Crippen LogP contribution in [0.5, 0.6) is 0 Å². The van der Waals surface area contributed by atoms with Crippen LogP contribution in [-0.4, -0.2) is 15.2 Å². The molecule has 1 aliphatic carbocycles. The maximum absolute atomic E-state index is 11.5. The lowest BCUT2D eigenvalue weighted by atomic mass is 9.91. The molecule has 1 unspecified atom stereocenters. The van der Waals surface area contributed by atoms with Crippen LogP contribution in [0.1, 0.15) is 30.1 Å². The first-order chi connectivity index (χ1) is 10.3.